The molecular formula is C22H23N3O. The van der Waals surface area contributed by atoms with Gasteiger partial charge in [-0.3, -0.25) is 4.79 Å². The van der Waals surface area contributed by atoms with Crippen LogP contribution in [0.1, 0.15) is 29.7 Å². The van der Waals surface area contributed by atoms with Crippen LogP contribution < -0.4 is 5.32 Å². The van der Waals surface area contributed by atoms with Crippen LogP contribution in [0.3, 0.4) is 0 Å². The first-order valence-electron chi connectivity index (χ1n) is 8.66. The van der Waals surface area contributed by atoms with Crippen molar-refractivity contribution in [2.45, 2.75) is 26.8 Å². The predicted octanol–water partition coefficient (Wildman–Crippen LogP) is 3.96. The topological polar surface area (TPSA) is 46.9 Å². The molecule has 0 atom stereocenters. The number of carbonyl (C=O) groups excluding carboxylic acids is 1. The highest BCUT2D eigenvalue weighted by Gasteiger charge is 2.17. The third kappa shape index (κ3) is 3.91. The summed E-state index contributed by atoms with van der Waals surface area (Å²) in [4.78, 5) is 16.6. The second-order valence-corrected chi connectivity index (χ2v) is 6.35. The molecule has 0 bridgehead atoms. The molecule has 0 aliphatic heterocycles. The van der Waals surface area contributed by atoms with Crippen LogP contribution in [0, 0.1) is 6.92 Å². The monoisotopic (exact) mass is 345 g/mol. The van der Waals surface area contributed by atoms with Crippen molar-refractivity contribution in [1.82, 2.24) is 14.9 Å². The maximum Gasteiger partial charge on any atom is 0.246 e. The van der Waals surface area contributed by atoms with Crippen molar-refractivity contribution in [3.63, 3.8) is 0 Å². The van der Waals surface area contributed by atoms with Gasteiger partial charge in [0.05, 0.1) is 17.9 Å². The fourth-order valence-corrected chi connectivity index (χ4v) is 2.98. The van der Waals surface area contributed by atoms with E-state index >= 15 is 0 Å². The van der Waals surface area contributed by atoms with Crippen LogP contribution in [0.25, 0.3) is 5.69 Å². The molecule has 0 radical (unpaired) electrons. The van der Waals surface area contributed by atoms with Gasteiger partial charge in [0.25, 0.3) is 0 Å². The average molecular weight is 345 g/mol. The number of benzene rings is 2. The van der Waals surface area contributed by atoms with Gasteiger partial charge in [-0.25, -0.2) is 4.98 Å². The molecule has 1 N–H and O–H groups in total. The molecule has 0 saturated heterocycles. The minimum atomic E-state index is -0.150. The number of hydrogen-bond donors (Lipinski definition) is 1. The summed E-state index contributed by atoms with van der Waals surface area (Å²) in [5, 5.41) is 2.90. The van der Waals surface area contributed by atoms with Crippen molar-refractivity contribution in [1.29, 1.82) is 0 Å². The van der Waals surface area contributed by atoms with Crippen molar-refractivity contribution in [3.8, 4) is 5.69 Å². The van der Waals surface area contributed by atoms with Crippen LogP contribution in [0.4, 0.5) is 0 Å². The zero-order valence-electron chi connectivity index (χ0n) is 15.2. The fraction of sp³-hybridized carbons (Fsp3) is 0.182. The summed E-state index contributed by atoms with van der Waals surface area (Å²) < 4.78 is 2.16. The highest BCUT2D eigenvalue weighted by atomic mass is 16.1. The van der Waals surface area contributed by atoms with E-state index in [1.54, 1.807) is 6.92 Å². The van der Waals surface area contributed by atoms with E-state index in [1.807, 2.05) is 43.3 Å². The molecule has 0 fully saturated rings. The zero-order chi connectivity index (χ0) is 18.5. The van der Waals surface area contributed by atoms with Gasteiger partial charge >= 0.3 is 0 Å². The van der Waals surface area contributed by atoms with Crippen molar-refractivity contribution in [3.05, 3.63) is 95.6 Å². The molecule has 0 unspecified atom stereocenters. The summed E-state index contributed by atoms with van der Waals surface area (Å²) in [5.41, 5.74) is 4.73. The zero-order valence-corrected chi connectivity index (χ0v) is 15.2. The Morgan fingerprint density at radius 3 is 2.31 bits per heavy atom. The molecule has 4 nitrogen and oxygen atoms in total. The van der Waals surface area contributed by atoms with Gasteiger partial charge in [0, 0.05) is 17.7 Å². The highest BCUT2D eigenvalue weighted by molar-refractivity contribution is 5.91. The first-order valence-corrected chi connectivity index (χ1v) is 8.66. The maximum atomic E-state index is 11.9. The molecule has 0 saturated carbocycles. The number of hydrogen-bond acceptors (Lipinski definition) is 2. The van der Waals surface area contributed by atoms with E-state index in [4.69, 9.17) is 4.98 Å². The minimum absolute atomic E-state index is 0.150. The molecule has 1 amide bonds. The lowest BCUT2D eigenvalue weighted by atomic mass is 10.1. The molecule has 0 spiro atoms. The second kappa shape index (κ2) is 7.83. The Hall–Kier alpha value is -3.14. The Bertz CT molecular complexity index is 911. The number of amides is 1. The number of nitrogens with zero attached hydrogens (tertiary/aromatic N) is 2. The average Bonchev–Trinajstić information content (AvgIpc) is 2.96. The van der Waals surface area contributed by atoms with Crippen LogP contribution in [0.2, 0.25) is 0 Å². The number of nitrogens with one attached hydrogen (secondary N) is 1. The van der Waals surface area contributed by atoms with Crippen molar-refractivity contribution in [2.75, 3.05) is 0 Å². The van der Waals surface area contributed by atoms with E-state index < -0.39 is 0 Å². The summed E-state index contributed by atoms with van der Waals surface area (Å²) in [6, 6.07) is 20.5. The van der Waals surface area contributed by atoms with Gasteiger partial charge in [0.15, 0.2) is 0 Å². The van der Waals surface area contributed by atoms with Crippen molar-refractivity contribution < 1.29 is 4.79 Å². The molecule has 1 aromatic heterocycles. The summed E-state index contributed by atoms with van der Waals surface area (Å²) in [5.74, 6) is 0.754. The Balaban J connectivity index is 2.01. The highest BCUT2D eigenvalue weighted by Crippen LogP contribution is 2.21. The Labute approximate surface area is 154 Å². The molecule has 0 aliphatic rings. The lowest BCUT2D eigenvalue weighted by molar-refractivity contribution is -0.117. The number of aryl methyl sites for hydroxylation is 1. The number of imidazole rings is 1. The lowest BCUT2D eigenvalue weighted by Gasteiger charge is -2.12. The molecule has 2 aromatic carbocycles. The largest absolute Gasteiger partial charge is 0.347 e. The Kier molecular flexibility index (Phi) is 5.32. The molecule has 1 heterocycles. The van der Waals surface area contributed by atoms with Gasteiger partial charge in [-0.2, -0.15) is 0 Å². The summed E-state index contributed by atoms with van der Waals surface area (Å²) in [7, 11) is 0. The molecule has 4 heteroatoms. The van der Waals surface area contributed by atoms with E-state index in [2.05, 4.69) is 40.7 Å². The van der Waals surface area contributed by atoms with Crippen LogP contribution in [0.5, 0.6) is 0 Å². The van der Waals surface area contributed by atoms with Crippen LogP contribution >= 0.6 is 0 Å². The van der Waals surface area contributed by atoms with Gasteiger partial charge in [-0.1, -0.05) is 55.1 Å². The third-order valence-electron chi connectivity index (χ3n) is 4.26. The van der Waals surface area contributed by atoms with E-state index in [0.717, 1.165) is 29.3 Å². The minimum Gasteiger partial charge on any atom is -0.347 e. The van der Waals surface area contributed by atoms with Crippen molar-refractivity contribution in [2.24, 2.45) is 0 Å². The number of para-hydroxylation sites is 1. The van der Waals surface area contributed by atoms with Crippen LogP contribution in [-0.4, -0.2) is 15.5 Å². The Morgan fingerprint density at radius 2 is 1.69 bits per heavy atom. The van der Waals surface area contributed by atoms with Gasteiger partial charge in [-0.15, -0.1) is 0 Å². The van der Waals surface area contributed by atoms with Crippen LogP contribution in [0.15, 0.2) is 72.8 Å². The fourth-order valence-electron chi connectivity index (χ4n) is 2.98. The standard InChI is InChI=1S/C22H23N3O/c1-16(2)22(26)23-15-20-21(14-18-10-6-4-7-11-18)25(17(3)24-20)19-12-8-5-9-13-19/h4-13H,1,14-15H2,2-3H3,(H,23,26). The second-order valence-electron chi connectivity index (χ2n) is 6.35. The first-order chi connectivity index (χ1) is 12.6. The van der Waals surface area contributed by atoms with E-state index in [-0.39, 0.29) is 5.91 Å². The molecule has 26 heavy (non-hydrogen) atoms. The SMILES string of the molecule is C=C(C)C(=O)NCc1nc(C)n(-c2ccccc2)c1Cc1ccccc1. The normalized spacial score (nSPS) is 10.5. The number of rotatable bonds is 6. The first kappa shape index (κ1) is 17.7. The van der Waals surface area contributed by atoms with E-state index in [0.29, 0.717) is 12.1 Å². The van der Waals surface area contributed by atoms with E-state index in [9.17, 15) is 4.79 Å². The summed E-state index contributed by atoms with van der Waals surface area (Å²) in [6.07, 6.45) is 0.745. The van der Waals surface area contributed by atoms with Gasteiger partial charge in [0.2, 0.25) is 5.91 Å². The quantitative estimate of drug-likeness (QED) is 0.687. The van der Waals surface area contributed by atoms with Crippen molar-refractivity contribution >= 4 is 5.91 Å². The van der Waals surface area contributed by atoms with Gasteiger partial charge in [0.1, 0.15) is 5.82 Å². The molecule has 3 rings (SSSR count). The lowest BCUT2D eigenvalue weighted by Crippen LogP contribution is -2.24. The van der Waals surface area contributed by atoms with Gasteiger partial charge in [-0.05, 0) is 31.5 Å². The Morgan fingerprint density at radius 1 is 1.08 bits per heavy atom. The molecule has 132 valence electrons. The van der Waals surface area contributed by atoms with Crippen LogP contribution in [-0.2, 0) is 17.8 Å². The molecule has 0 aliphatic carbocycles. The predicted molar refractivity (Wildman–Crippen MR) is 104 cm³/mol. The number of aromatic nitrogens is 2. The smallest absolute Gasteiger partial charge is 0.246 e. The summed E-state index contributed by atoms with van der Waals surface area (Å²) in [6.45, 7) is 7.77. The number of carbonyl (C=O) groups is 1. The molecule has 3 aromatic rings. The van der Waals surface area contributed by atoms with Gasteiger partial charge < -0.3 is 9.88 Å². The summed E-state index contributed by atoms with van der Waals surface area (Å²) >= 11 is 0. The third-order valence-corrected chi connectivity index (χ3v) is 4.26. The van der Waals surface area contributed by atoms with E-state index in [1.165, 1.54) is 5.56 Å². The molecular weight excluding hydrogens is 322 g/mol. The maximum absolute atomic E-state index is 11.9.